The summed E-state index contributed by atoms with van der Waals surface area (Å²) >= 11 is 0. The van der Waals surface area contributed by atoms with Crippen molar-refractivity contribution in [3.63, 3.8) is 0 Å². The van der Waals surface area contributed by atoms with Gasteiger partial charge in [-0.3, -0.25) is 23.9 Å². The van der Waals surface area contributed by atoms with Crippen LogP contribution in [0, 0.1) is 35.2 Å². The van der Waals surface area contributed by atoms with E-state index in [-0.39, 0.29) is 42.3 Å². The molecule has 0 bridgehead atoms. The number of allylic oxidation sites excluding steroid dienone is 1. The molecule has 2 aliphatic carbocycles. The fourth-order valence-corrected chi connectivity index (χ4v) is 10.4. The third kappa shape index (κ3) is 8.47. The smallest absolute Gasteiger partial charge is 0.259 e. The van der Waals surface area contributed by atoms with Crippen LogP contribution in [0.15, 0.2) is 48.7 Å². The lowest BCUT2D eigenvalue weighted by molar-refractivity contribution is -0.142. The second kappa shape index (κ2) is 16.8. The fraction of sp³-hybridized carbons (Fsp3) is 0.512. The van der Waals surface area contributed by atoms with Gasteiger partial charge in [-0.25, -0.2) is 26.6 Å². The van der Waals surface area contributed by atoms with E-state index in [2.05, 4.69) is 20.3 Å². The molecule has 4 amide bonds. The van der Waals surface area contributed by atoms with Crippen molar-refractivity contribution >= 4 is 44.4 Å². The van der Waals surface area contributed by atoms with Gasteiger partial charge in [-0.1, -0.05) is 32.9 Å². The molecule has 4 aliphatic rings. The van der Waals surface area contributed by atoms with Crippen LogP contribution in [0.1, 0.15) is 82.5 Å². The Kier molecular flexibility index (Phi) is 12.0. The summed E-state index contributed by atoms with van der Waals surface area (Å²) in [4.78, 5) is 62.8. The van der Waals surface area contributed by atoms with Crippen molar-refractivity contribution in [3.05, 3.63) is 71.7 Å². The molecule has 0 unspecified atom stereocenters. The number of benzene rings is 2. The zero-order chi connectivity index (χ0) is 44.0. The molecule has 3 heterocycles. The molecule has 0 spiro atoms. The number of sulfonamides is 1. The van der Waals surface area contributed by atoms with Crippen molar-refractivity contribution < 1.29 is 55.0 Å². The SMILES string of the molecule is CCC1(S(=O)(=O)NC(=O)[C@@]23C[C@H]2/C=C\CC[C@@H](C)C[C@@H](C)[C@H](NC(=O)c2ccc(F)cc2F)C(=O)N2C[C@H](Oc4ncc(OC)c5cc(OC)c(F)cc45)C[C@H]2C(=O)N3)CC1. The van der Waals surface area contributed by atoms with E-state index in [1.807, 2.05) is 13.0 Å². The van der Waals surface area contributed by atoms with E-state index in [1.165, 1.54) is 31.4 Å². The predicted octanol–water partition coefficient (Wildman–Crippen LogP) is 5.09. The number of carbonyl (C=O) groups is 4. The van der Waals surface area contributed by atoms with Gasteiger partial charge in [0.1, 0.15) is 41.1 Å². The number of methoxy groups -OCH3 is 2. The highest BCUT2D eigenvalue weighted by Crippen LogP contribution is 2.49. The second-order valence-corrected chi connectivity index (χ2v) is 18.9. The van der Waals surface area contributed by atoms with Gasteiger partial charge in [-0.05, 0) is 81.0 Å². The van der Waals surface area contributed by atoms with Gasteiger partial charge in [0.25, 0.3) is 11.8 Å². The van der Waals surface area contributed by atoms with Crippen LogP contribution >= 0.6 is 0 Å². The summed E-state index contributed by atoms with van der Waals surface area (Å²) in [5.41, 5.74) is -2.15. The van der Waals surface area contributed by atoms with Crippen LogP contribution in [0.2, 0.25) is 0 Å². The van der Waals surface area contributed by atoms with E-state index >= 15 is 4.39 Å². The van der Waals surface area contributed by atoms with Crippen molar-refractivity contribution in [2.24, 2.45) is 17.8 Å². The van der Waals surface area contributed by atoms with Gasteiger partial charge in [0, 0.05) is 23.8 Å². The van der Waals surface area contributed by atoms with Crippen LogP contribution in [0.5, 0.6) is 17.4 Å². The normalized spacial score (nSPS) is 28.0. The van der Waals surface area contributed by atoms with Crippen LogP contribution in [-0.4, -0.2) is 91.2 Å². The number of pyridine rings is 1. The number of fused-ring (bicyclic) bond motifs is 3. The van der Waals surface area contributed by atoms with E-state index < -0.39 is 97.0 Å². The molecule has 328 valence electrons. The van der Waals surface area contributed by atoms with Crippen molar-refractivity contribution in [2.45, 2.75) is 101 Å². The Morgan fingerprint density at radius 1 is 1.00 bits per heavy atom. The Bertz CT molecular complexity index is 2400. The maximum absolute atomic E-state index is 15.1. The lowest BCUT2D eigenvalue weighted by atomic mass is 9.87. The molecule has 7 rings (SSSR count). The average molecular weight is 870 g/mol. The minimum Gasteiger partial charge on any atom is -0.494 e. The van der Waals surface area contributed by atoms with Crippen molar-refractivity contribution in [2.75, 3.05) is 20.8 Å². The molecular formula is C43H50F3N5O9S. The average Bonchev–Trinajstić information content (AvgIpc) is 4.12. The number of rotatable bonds is 10. The number of hydrogen-bond acceptors (Lipinski definition) is 10. The first kappa shape index (κ1) is 43.7. The van der Waals surface area contributed by atoms with Crippen LogP contribution in [0.25, 0.3) is 10.8 Å². The molecule has 61 heavy (non-hydrogen) atoms. The number of aromatic nitrogens is 1. The highest BCUT2D eigenvalue weighted by Gasteiger charge is 2.63. The Morgan fingerprint density at radius 2 is 1.74 bits per heavy atom. The first-order chi connectivity index (χ1) is 29.0. The Hall–Kier alpha value is -5.39. The third-order valence-corrected chi connectivity index (χ3v) is 15.0. The van der Waals surface area contributed by atoms with E-state index in [0.717, 1.165) is 18.2 Å². The lowest BCUT2D eigenvalue weighted by Gasteiger charge is -2.33. The van der Waals surface area contributed by atoms with Gasteiger partial charge in [-0.2, -0.15) is 0 Å². The highest BCUT2D eigenvalue weighted by molar-refractivity contribution is 7.91. The minimum atomic E-state index is -4.10. The van der Waals surface area contributed by atoms with Gasteiger partial charge in [0.05, 0.1) is 42.7 Å². The lowest BCUT2D eigenvalue weighted by Crippen LogP contribution is -2.59. The summed E-state index contributed by atoms with van der Waals surface area (Å²) in [7, 11) is -1.38. The number of amides is 4. The Balaban J connectivity index is 1.26. The summed E-state index contributed by atoms with van der Waals surface area (Å²) in [5, 5.41) is 6.08. The fourth-order valence-electron chi connectivity index (χ4n) is 8.74. The van der Waals surface area contributed by atoms with Gasteiger partial charge in [-0.15, -0.1) is 0 Å². The first-order valence-corrected chi connectivity index (χ1v) is 21.9. The zero-order valence-electron chi connectivity index (χ0n) is 34.6. The molecule has 2 aromatic carbocycles. The predicted molar refractivity (Wildman–Crippen MR) is 217 cm³/mol. The number of nitrogens with one attached hydrogen (secondary N) is 3. The minimum absolute atomic E-state index is 0.000578. The van der Waals surface area contributed by atoms with E-state index in [0.29, 0.717) is 55.7 Å². The summed E-state index contributed by atoms with van der Waals surface area (Å²) < 4.78 is 88.9. The van der Waals surface area contributed by atoms with Crippen LogP contribution < -0.4 is 29.6 Å². The summed E-state index contributed by atoms with van der Waals surface area (Å²) in [6.45, 7) is 5.21. The first-order valence-electron chi connectivity index (χ1n) is 20.4. The van der Waals surface area contributed by atoms with E-state index in [4.69, 9.17) is 14.2 Å². The molecule has 1 aromatic heterocycles. The number of hydrogen-bond donors (Lipinski definition) is 3. The standard InChI is InChI=1S/C43H50F3N5O9S/c1-6-42(13-14-42)61(56,57)50-41(55)43-20-25(43)10-8-7-9-23(2)15-24(3)36(48-37(52)28-12-11-26(44)16-31(28)45)40(54)51-22-27(17-33(51)38(53)49-43)60-39-30-18-32(46)34(58-4)19-29(30)35(59-5)21-47-39/h8,10-12,16,18-19,21,23-25,27,33,36H,6-7,9,13-15,17,20,22H2,1-5H3,(H,48,52)(H,49,53)(H,50,55)/b10-8-/t23-,24-,25-,27-,33+,36+,43-/m1/s1. The van der Waals surface area contributed by atoms with Gasteiger partial charge >= 0.3 is 0 Å². The molecule has 2 aliphatic heterocycles. The maximum atomic E-state index is 15.1. The van der Waals surface area contributed by atoms with E-state index in [9.17, 15) is 36.4 Å². The van der Waals surface area contributed by atoms with Crippen LogP contribution in [0.4, 0.5) is 13.2 Å². The Labute approximate surface area is 352 Å². The summed E-state index contributed by atoms with van der Waals surface area (Å²) in [6, 6.07) is 2.37. The van der Waals surface area contributed by atoms with Crippen molar-refractivity contribution in [3.8, 4) is 17.4 Å². The number of carbonyl (C=O) groups excluding carboxylic acids is 4. The number of nitrogens with zero attached hydrogens (tertiary/aromatic N) is 2. The van der Waals surface area contributed by atoms with Gasteiger partial charge in [0.2, 0.25) is 27.7 Å². The molecule has 7 atom stereocenters. The van der Waals surface area contributed by atoms with Gasteiger partial charge in [0.15, 0.2) is 11.6 Å². The maximum Gasteiger partial charge on any atom is 0.259 e. The van der Waals surface area contributed by atoms with Crippen LogP contribution in [-0.2, 0) is 24.4 Å². The molecule has 3 aromatic rings. The largest absolute Gasteiger partial charge is 0.494 e. The molecule has 3 N–H and O–H groups in total. The quantitative estimate of drug-likeness (QED) is 0.232. The molecule has 1 saturated heterocycles. The topological polar surface area (TPSA) is 182 Å². The molecule has 14 nitrogen and oxygen atoms in total. The third-order valence-electron chi connectivity index (χ3n) is 12.7. The second-order valence-electron chi connectivity index (χ2n) is 16.8. The van der Waals surface area contributed by atoms with Crippen molar-refractivity contribution in [1.82, 2.24) is 25.2 Å². The zero-order valence-corrected chi connectivity index (χ0v) is 35.4. The van der Waals surface area contributed by atoms with E-state index in [1.54, 1.807) is 19.9 Å². The molecule has 0 radical (unpaired) electrons. The summed E-state index contributed by atoms with van der Waals surface area (Å²) in [5.74, 6) is -7.05. The number of ether oxygens (including phenoxy) is 3. The van der Waals surface area contributed by atoms with Crippen LogP contribution in [0.3, 0.4) is 0 Å². The Morgan fingerprint density at radius 3 is 2.41 bits per heavy atom. The molecule has 18 heteroatoms. The molecule has 3 fully saturated rings. The molecule has 2 saturated carbocycles. The monoisotopic (exact) mass is 869 g/mol. The number of halogens is 3. The van der Waals surface area contributed by atoms with Gasteiger partial charge < -0.3 is 29.7 Å². The summed E-state index contributed by atoms with van der Waals surface area (Å²) in [6.07, 6.45) is 6.75. The van der Waals surface area contributed by atoms with Crippen molar-refractivity contribution in [1.29, 1.82) is 0 Å². The highest BCUT2D eigenvalue weighted by atomic mass is 32.2. The molecular weight excluding hydrogens is 820 g/mol.